The Hall–Kier alpha value is -2.15. The average Bonchev–Trinajstić information content (AvgIpc) is 2.54. The summed E-state index contributed by atoms with van der Waals surface area (Å²) in [5.41, 5.74) is 5.99. The number of carbonyl (C=O) groups excluding carboxylic acids is 2. The van der Waals surface area contributed by atoms with E-state index in [-0.39, 0.29) is 30.7 Å². The summed E-state index contributed by atoms with van der Waals surface area (Å²) in [4.78, 5) is 28.1. The molecule has 138 valence electrons. The molecule has 25 heavy (non-hydrogen) atoms. The summed E-state index contributed by atoms with van der Waals surface area (Å²) in [5.74, 6) is -0.409. The molecule has 1 fully saturated rings. The van der Waals surface area contributed by atoms with Gasteiger partial charge >= 0.3 is 6.09 Å². The van der Waals surface area contributed by atoms with Gasteiger partial charge in [-0.15, -0.1) is 0 Å². The standard InChI is InChI=1S/C18H26FN3O3/c1-18(2,3)25-17(24)21-8-9-22(15(11-20)12-21)16(23)10-13-4-6-14(19)7-5-13/h4-7,15H,8-12,20H2,1-3H3. The Balaban J connectivity index is 1.98. The number of benzene rings is 1. The fraction of sp³-hybridized carbons (Fsp3) is 0.556. The molecule has 0 bridgehead atoms. The second-order valence-corrected chi connectivity index (χ2v) is 7.21. The molecule has 1 heterocycles. The molecule has 2 rings (SSSR count). The smallest absolute Gasteiger partial charge is 0.410 e. The fourth-order valence-electron chi connectivity index (χ4n) is 2.76. The summed E-state index contributed by atoms with van der Waals surface area (Å²) >= 11 is 0. The van der Waals surface area contributed by atoms with Crippen LogP contribution in [0, 0.1) is 5.82 Å². The molecular weight excluding hydrogens is 325 g/mol. The molecule has 0 saturated carbocycles. The number of nitrogens with two attached hydrogens (primary N) is 1. The number of hydrogen-bond donors (Lipinski definition) is 1. The van der Waals surface area contributed by atoms with E-state index in [4.69, 9.17) is 10.5 Å². The van der Waals surface area contributed by atoms with Crippen LogP contribution in [0.15, 0.2) is 24.3 Å². The second kappa shape index (κ2) is 7.82. The van der Waals surface area contributed by atoms with Crippen LogP contribution in [0.4, 0.5) is 9.18 Å². The van der Waals surface area contributed by atoms with Crippen molar-refractivity contribution < 1.29 is 18.7 Å². The number of hydrogen-bond acceptors (Lipinski definition) is 4. The third-order valence-electron chi connectivity index (χ3n) is 4.00. The molecule has 0 aliphatic carbocycles. The highest BCUT2D eigenvalue weighted by atomic mass is 19.1. The lowest BCUT2D eigenvalue weighted by Crippen LogP contribution is -2.59. The quantitative estimate of drug-likeness (QED) is 0.901. The fourth-order valence-corrected chi connectivity index (χ4v) is 2.76. The first-order valence-corrected chi connectivity index (χ1v) is 8.41. The van der Waals surface area contributed by atoms with Gasteiger partial charge in [-0.05, 0) is 38.5 Å². The predicted octanol–water partition coefficient (Wildman–Crippen LogP) is 1.77. The topological polar surface area (TPSA) is 75.9 Å². The lowest BCUT2D eigenvalue weighted by molar-refractivity contribution is -0.135. The lowest BCUT2D eigenvalue weighted by Gasteiger charge is -2.41. The van der Waals surface area contributed by atoms with E-state index in [0.29, 0.717) is 19.6 Å². The molecule has 1 saturated heterocycles. The van der Waals surface area contributed by atoms with E-state index < -0.39 is 11.7 Å². The Bertz CT molecular complexity index is 613. The molecule has 6 nitrogen and oxygen atoms in total. The van der Waals surface area contributed by atoms with Crippen molar-refractivity contribution in [2.45, 2.75) is 38.8 Å². The van der Waals surface area contributed by atoms with Gasteiger partial charge in [0.15, 0.2) is 0 Å². The summed E-state index contributed by atoms with van der Waals surface area (Å²) in [6, 6.07) is 5.62. The summed E-state index contributed by atoms with van der Waals surface area (Å²) in [7, 11) is 0. The average molecular weight is 351 g/mol. The van der Waals surface area contributed by atoms with Crippen molar-refractivity contribution in [3.8, 4) is 0 Å². The van der Waals surface area contributed by atoms with Crippen molar-refractivity contribution in [3.63, 3.8) is 0 Å². The summed E-state index contributed by atoms with van der Waals surface area (Å²) in [6.45, 7) is 6.85. The number of piperazine rings is 1. The van der Waals surface area contributed by atoms with Crippen LogP contribution in [0.1, 0.15) is 26.3 Å². The van der Waals surface area contributed by atoms with E-state index in [1.807, 2.05) is 20.8 Å². The highest BCUT2D eigenvalue weighted by Crippen LogP contribution is 2.16. The van der Waals surface area contributed by atoms with Crippen LogP contribution in [0.25, 0.3) is 0 Å². The highest BCUT2D eigenvalue weighted by molar-refractivity contribution is 5.79. The first kappa shape index (κ1) is 19.2. The molecule has 0 spiro atoms. The van der Waals surface area contributed by atoms with Crippen molar-refractivity contribution in [1.29, 1.82) is 0 Å². The molecule has 1 aliphatic rings. The molecule has 1 atom stereocenters. The third kappa shape index (κ3) is 5.42. The van der Waals surface area contributed by atoms with Gasteiger partial charge in [-0.1, -0.05) is 12.1 Å². The van der Waals surface area contributed by atoms with E-state index in [1.54, 1.807) is 21.9 Å². The summed E-state index contributed by atoms with van der Waals surface area (Å²) in [6.07, 6.45) is -0.208. The van der Waals surface area contributed by atoms with Gasteiger partial charge in [-0.3, -0.25) is 4.79 Å². The van der Waals surface area contributed by atoms with Gasteiger partial charge in [0.25, 0.3) is 0 Å². The summed E-state index contributed by atoms with van der Waals surface area (Å²) < 4.78 is 18.4. The SMILES string of the molecule is CC(C)(C)OC(=O)N1CCN(C(=O)Cc2ccc(F)cc2)C(CN)C1. The Morgan fingerprint density at radius 1 is 1.24 bits per heavy atom. The van der Waals surface area contributed by atoms with Crippen LogP contribution in [-0.2, 0) is 16.0 Å². The highest BCUT2D eigenvalue weighted by Gasteiger charge is 2.33. The van der Waals surface area contributed by atoms with E-state index in [9.17, 15) is 14.0 Å². The van der Waals surface area contributed by atoms with Crippen molar-refractivity contribution in [1.82, 2.24) is 9.80 Å². The Morgan fingerprint density at radius 3 is 2.44 bits per heavy atom. The number of nitrogens with zero attached hydrogens (tertiary/aromatic N) is 2. The lowest BCUT2D eigenvalue weighted by atomic mass is 10.1. The molecular formula is C18H26FN3O3. The number of carbonyl (C=O) groups is 2. The van der Waals surface area contributed by atoms with E-state index in [1.165, 1.54) is 12.1 Å². The van der Waals surface area contributed by atoms with Gasteiger partial charge < -0.3 is 20.3 Å². The molecule has 1 aromatic carbocycles. The van der Waals surface area contributed by atoms with Crippen molar-refractivity contribution in [2.75, 3.05) is 26.2 Å². The maximum absolute atomic E-state index is 13.0. The minimum atomic E-state index is -0.565. The molecule has 1 aromatic rings. The van der Waals surface area contributed by atoms with Gasteiger partial charge in [0.1, 0.15) is 11.4 Å². The van der Waals surface area contributed by atoms with Crippen molar-refractivity contribution in [2.24, 2.45) is 5.73 Å². The largest absolute Gasteiger partial charge is 0.444 e. The van der Waals surface area contributed by atoms with Gasteiger partial charge in [0, 0.05) is 26.2 Å². The molecule has 1 unspecified atom stereocenters. The zero-order valence-electron chi connectivity index (χ0n) is 15.0. The molecule has 1 aliphatic heterocycles. The van der Waals surface area contributed by atoms with Crippen LogP contribution in [-0.4, -0.2) is 59.6 Å². The number of rotatable bonds is 3. The zero-order chi connectivity index (χ0) is 18.6. The molecule has 2 N–H and O–H groups in total. The Labute approximate surface area is 147 Å². The van der Waals surface area contributed by atoms with Gasteiger partial charge in [-0.2, -0.15) is 0 Å². The Kier molecular flexibility index (Phi) is 6.00. The predicted molar refractivity (Wildman–Crippen MR) is 92.5 cm³/mol. The van der Waals surface area contributed by atoms with Crippen LogP contribution < -0.4 is 5.73 Å². The van der Waals surface area contributed by atoms with E-state index in [2.05, 4.69) is 0 Å². The molecule has 0 aromatic heterocycles. The van der Waals surface area contributed by atoms with Gasteiger partial charge in [0.2, 0.25) is 5.91 Å². The van der Waals surface area contributed by atoms with Crippen LogP contribution >= 0.6 is 0 Å². The van der Waals surface area contributed by atoms with Crippen LogP contribution in [0.3, 0.4) is 0 Å². The van der Waals surface area contributed by atoms with Gasteiger partial charge in [-0.25, -0.2) is 9.18 Å². The zero-order valence-corrected chi connectivity index (χ0v) is 15.0. The Morgan fingerprint density at radius 2 is 1.88 bits per heavy atom. The molecule has 7 heteroatoms. The second-order valence-electron chi connectivity index (χ2n) is 7.21. The maximum atomic E-state index is 13.0. The molecule has 2 amide bonds. The van der Waals surface area contributed by atoms with Gasteiger partial charge in [0.05, 0.1) is 12.5 Å². The van der Waals surface area contributed by atoms with Crippen molar-refractivity contribution in [3.05, 3.63) is 35.6 Å². The minimum Gasteiger partial charge on any atom is -0.444 e. The number of ether oxygens (including phenoxy) is 1. The minimum absolute atomic E-state index is 0.0779. The van der Waals surface area contributed by atoms with Crippen LogP contribution in [0.2, 0.25) is 0 Å². The number of amides is 2. The van der Waals surface area contributed by atoms with Crippen molar-refractivity contribution >= 4 is 12.0 Å². The normalized spacial score (nSPS) is 18.2. The summed E-state index contributed by atoms with van der Waals surface area (Å²) in [5, 5.41) is 0. The maximum Gasteiger partial charge on any atom is 0.410 e. The third-order valence-corrected chi connectivity index (χ3v) is 4.00. The first-order chi connectivity index (χ1) is 11.7. The number of halogens is 1. The monoisotopic (exact) mass is 351 g/mol. The molecule has 0 radical (unpaired) electrons. The van der Waals surface area contributed by atoms with E-state index >= 15 is 0 Å². The van der Waals surface area contributed by atoms with E-state index in [0.717, 1.165) is 5.56 Å². The first-order valence-electron chi connectivity index (χ1n) is 8.41. The van der Waals surface area contributed by atoms with Crippen LogP contribution in [0.5, 0.6) is 0 Å².